The Labute approximate surface area is 89.9 Å². The fourth-order valence-corrected chi connectivity index (χ4v) is 1.32. The second-order valence-electron chi connectivity index (χ2n) is 3.51. The van der Waals surface area contributed by atoms with E-state index in [9.17, 15) is 4.79 Å². The molecule has 0 aliphatic rings. The highest BCUT2D eigenvalue weighted by Crippen LogP contribution is 1.91. The number of rotatable bonds is 6. The van der Waals surface area contributed by atoms with Crippen LogP contribution in [0.2, 0.25) is 0 Å². The molecule has 0 aliphatic carbocycles. The minimum Gasteiger partial charge on any atom is -0.351 e. The first-order valence-corrected chi connectivity index (χ1v) is 5.18. The Morgan fingerprint density at radius 1 is 1.60 bits per heavy atom. The van der Waals surface area contributed by atoms with Crippen LogP contribution in [-0.2, 0) is 11.3 Å². The van der Waals surface area contributed by atoms with Crippen LogP contribution in [0, 0.1) is 0 Å². The second-order valence-corrected chi connectivity index (χ2v) is 3.51. The Bertz CT molecular complexity index is 284. The van der Waals surface area contributed by atoms with Crippen molar-refractivity contribution < 1.29 is 4.79 Å². The Balaban J connectivity index is 2.23. The fourth-order valence-electron chi connectivity index (χ4n) is 1.32. The van der Waals surface area contributed by atoms with E-state index >= 15 is 0 Å². The van der Waals surface area contributed by atoms with Crippen molar-refractivity contribution in [1.29, 1.82) is 0 Å². The zero-order valence-electron chi connectivity index (χ0n) is 9.23. The van der Waals surface area contributed by atoms with Crippen LogP contribution in [0.15, 0.2) is 18.7 Å². The Morgan fingerprint density at radius 3 is 3.00 bits per heavy atom. The molecule has 2 N–H and O–H groups in total. The van der Waals surface area contributed by atoms with Gasteiger partial charge in [-0.1, -0.05) is 6.92 Å². The minimum absolute atomic E-state index is 0.0319. The number of carbonyl (C=O) groups excluding carboxylic acids is 1. The van der Waals surface area contributed by atoms with Crippen molar-refractivity contribution in [3.8, 4) is 0 Å². The number of amides is 1. The Morgan fingerprint density at radius 2 is 2.40 bits per heavy atom. The van der Waals surface area contributed by atoms with Crippen molar-refractivity contribution in [3.05, 3.63) is 18.7 Å². The first kappa shape index (κ1) is 11.7. The molecular weight excluding hydrogens is 192 g/mol. The average Bonchev–Trinajstić information content (AvgIpc) is 2.67. The largest absolute Gasteiger partial charge is 0.351 e. The maximum Gasteiger partial charge on any atom is 0.234 e. The zero-order chi connectivity index (χ0) is 11.1. The SMILES string of the molecule is CCNCC(=O)NC(C)Cn1ccnc1. The van der Waals surface area contributed by atoms with Gasteiger partial charge in [0.05, 0.1) is 12.9 Å². The van der Waals surface area contributed by atoms with Gasteiger partial charge >= 0.3 is 0 Å². The molecule has 0 saturated heterocycles. The lowest BCUT2D eigenvalue weighted by Crippen LogP contribution is -2.40. The molecular formula is C10H18N4O. The summed E-state index contributed by atoms with van der Waals surface area (Å²) < 4.78 is 1.94. The zero-order valence-corrected chi connectivity index (χ0v) is 9.23. The summed E-state index contributed by atoms with van der Waals surface area (Å²) >= 11 is 0. The molecule has 0 spiro atoms. The molecule has 84 valence electrons. The van der Waals surface area contributed by atoms with Gasteiger partial charge < -0.3 is 15.2 Å². The van der Waals surface area contributed by atoms with Crippen LogP contribution in [0.1, 0.15) is 13.8 Å². The minimum atomic E-state index is 0.0319. The molecule has 1 amide bonds. The van der Waals surface area contributed by atoms with Crippen LogP contribution in [0.25, 0.3) is 0 Å². The summed E-state index contributed by atoms with van der Waals surface area (Å²) in [5, 5.41) is 5.88. The molecule has 1 atom stereocenters. The molecule has 0 radical (unpaired) electrons. The Kier molecular flexibility index (Phi) is 4.83. The second kappa shape index (κ2) is 6.19. The van der Waals surface area contributed by atoms with Gasteiger partial charge in [0, 0.05) is 25.0 Å². The molecule has 1 aromatic rings. The summed E-state index contributed by atoms with van der Waals surface area (Å²) in [5.74, 6) is 0.0319. The predicted octanol–water partition coefficient (Wildman–Crippen LogP) is -0.00270. The number of hydrogen-bond acceptors (Lipinski definition) is 3. The standard InChI is InChI=1S/C10H18N4O/c1-3-11-6-10(15)13-9(2)7-14-5-4-12-8-14/h4-5,8-9,11H,3,6-7H2,1-2H3,(H,13,15). The normalized spacial score (nSPS) is 12.4. The van der Waals surface area contributed by atoms with Gasteiger partial charge in [-0.25, -0.2) is 4.98 Å². The lowest BCUT2D eigenvalue weighted by molar-refractivity contribution is -0.120. The van der Waals surface area contributed by atoms with Gasteiger partial charge in [-0.3, -0.25) is 4.79 Å². The highest BCUT2D eigenvalue weighted by molar-refractivity contribution is 5.78. The molecule has 5 heteroatoms. The third-order valence-corrected chi connectivity index (χ3v) is 1.99. The number of nitrogens with one attached hydrogen (secondary N) is 2. The lowest BCUT2D eigenvalue weighted by atomic mass is 10.3. The molecule has 0 aromatic carbocycles. The van der Waals surface area contributed by atoms with Crippen molar-refractivity contribution in [2.45, 2.75) is 26.4 Å². The van der Waals surface area contributed by atoms with Crippen LogP contribution >= 0.6 is 0 Å². The predicted molar refractivity (Wildman–Crippen MR) is 58.4 cm³/mol. The monoisotopic (exact) mass is 210 g/mol. The first-order chi connectivity index (χ1) is 7.22. The third kappa shape index (κ3) is 4.60. The number of imidazole rings is 1. The van der Waals surface area contributed by atoms with E-state index in [1.165, 1.54) is 0 Å². The molecule has 0 fully saturated rings. The maximum atomic E-state index is 11.3. The molecule has 1 aromatic heterocycles. The van der Waals surface area contributed by atoms with Gasteiger partial charge in [-0.2, -0.15) is 0 Å². The maximum absolute atomic E-state index is 11.3. The quantitative estimate of drug-likeness (QED) is 0.694. The fraction of sp³-hybridized carbons (Fsp3) is 0.600. The van der Waals surface area contributed by atoms with Crippen LogP contribution in [0.3, 0.4) is 0 Å². The first-order valence-electron chi connectivity index (χ1n) is 5.18. The summed E-state index contributed by atoms with van der Waals surface area (Å²) in [7, 11) is 0. The van der Waals surface area contributed by atoms with E-state index in [4.69, 9.17) is 0 Å². The summed E-state index contributed by atoms with van der Waals surface area (Å²) in [6, 6.07) is 0.116. The van der Waals surface area contributed by atoms with E-state index in [-0.39, 0.29) is 11.9 Å². The van der Waals surface area contributed by atoms with E-state index in [0.717, 1.165) is 13.1 Å². The molecule has 5 nitrogen and oxygen atoms in total. The molecule has 0 saturated carbocycles. The Hall–Kier alpha value is -1.36. The van der Waals surface area contributed by atoms with Gasteiger partial charge in [-0.15, -0.1) is 0 Å². The van der Waals surface area contributed by atoms with Crippen molar-refractivity contribution in [1.82, 2.24) is 20.2 Å². The van der Waals surface area contributed by atoms with E-state index in [2.05, 4.69) is 15.6 Å². The number of likely N-dealkylation sites (N-methyl/N-ethyl adjacent to an activating group) is 1. The van der Waals surface area contributed by atoms with Gasteiger partial charge in [0.2, 0.25) is 5.91 Å². The summed E-state index contributed by atoms with van der Waals surface area (Å²) in [4.78, 5) is 15.3. The van der Waals surface area contributed by atoms with Crippen LogP contribution in [0.4, 0.5) is 0 Å². The summed E-state index contributed by atoms with van der Waals surface area (Å²) in [6.07, 6.45) is 5.35. The molecule has 1 heterocycles. The lowest BCUT2D eigenvalue weighted by Gasteiger charge is -2.14. The summed E-state index contributed by atoms with van der Waals surface area (Å²) in [6.45, 7) is 5.89. The molecule has 1 rings (SSSR count). The third-order valence-electron chi connectivity index (χ3n) is 1.99. The van der Waals surface area contributed by atoms with E-state index in [0.29, 0.717) is 6.54 Å². The van der Waals surface area contributed by atoms with Crippen LogP contribution in [0.5, 0.6) is 0 Å². The van der Waals surface area contributed by atoms with Crippen molar-refractivity contribution in [3.63, 3.8) is 0 Å². The molecule has 1 unspecified atom stereocenters. The van der Waals surface area contributed by atoms with Gasteiger partial charge in [0.15, 0.2) is 0 Å². The van der Waals surface area contributed by atoms with Crippen molar-refractivity contribution in [2.75, 3.05) is 13.1 Å². The molecule has 15 heavy (non-hydrogen) atoms. The highest BCUT2D eigenvalue weighted by Gasteiger charge is 2.06. The smallest absolute Gasteiger partial charge is 0.234 e. The van der Waals surface area contributed by atoms with E-state index < -0.39 is 0 Å². The topological polar surface area (TPSA) is 59.0 Å². The van der Waals surface area contributed by atoms with E-state index in [1.54, 1.807) is 12.5 Å². The highest BCUT2D eigenvalue weighted by atomic mass is 16.1. The average molecular weight is 210 g/mol. The number of aromatic nitrogens is 2. The van der Waals surface area contributed by atoms with E-state index in [1.807, 2.05) is 24.6 Å². The van der Waals surface area contributed by atoms with Gasteiger partial charge in [0.1, 0.15) is 0 Å². The van der Waals surface area contributed by atoms with Crippen molar-refractivity contribution >= 4 is 5.91 Å². The van der Waals surface area contributed by atoms with Gasteiger partial charge in [0.25, 0.3) is 0 Å². The number of carbonyl (C=O) groups is 1. The van der Waals surface area contributed by atoms with Crippen molar-refractivity contribution in [2.24, 2.45) is 0 Å². The van der Waals surface area contributed by atoms with Crippen LogP contribution in [-0.4, -0.2) is 34.6 Å². The molecule has 0 aliphatic heterocycles. The van der Waals surface area contributed by atoms with Crippen LogP contribution < -0.4 is 10.6 Å². The van der Waals surface area contributed by atoms with Gasteiger partial charge in [-0.05, 0) is 13.5 Å². The molecule has 0 bridgehead atoms. The summed E-state index contributed by atoms with van der Waals surface area (Å²) in [5.41, 5.74) is 0. The number of nitrogens with zero attached hydrogens (tertiary/aromatic N) is 2. The number of hydrogen-bond donors (Lipinski definition) is 2.